The molecular formula is C24H32N4OS+2. The summed E-state index contributed by atoms with van der Waals surface area (Å²) in [6, 6.07) is 16.9. The van der Waals surface area contributed by atoms with Gasteiger partial charge in [-0.15, -0.1) is 11.3 Å². The Morgan fingerprint density at radius 2 is 1.77 bits per heavy atom. The van der Waals surface area contributed by atoms with E-state index < -0.39 is 0 Å². The van der Waals surface area contributed by atoms with Crippen molar-refractivity contribution in [2.75, 3.05) is 32.7 Å². The third-order valence-corrected chi connectivity index (χ3v) is 7.07. The second-order valence-corrected chi connectivity index (χ2v) is 9.48. The quantitative estimate of drug-likeness (QED) is 0.533. The molecule has 1 amide bonds. The Balaban J connectivity index is 1.24. The van der Waals surface area contributed by atoms with E-state index in [9.17, 15) is 4.79 Å². The Labute approximate surface area is 182 Å². The number of aromatic nitrogens is 1. The summed E-state index contributed by atoms with van der Waals surface area (Å²) < 4.78 is 1.27. The molecule has 0 bridgehead atoms. The van der Waals surface area contributed by atoms with Crippen LogP contribution in [0, 0.1) is 6.92 Å². The van der Waals surface area contributed by atoms with E-state index in [2.05, 4.69) is 61.6 Å². The van der Waals surface area contributed by atoms with Crippen molar-refractivity contribution in [3.63, 3.8) is 0 Å². The maximum Gasteiger partial charge on any atom is 0.275 e. The molecule has 0 unspecified atom stereocenters. The molecule has 6 heteroatoms. The molecule has 2 aromatic carbocycles. The highest BCUT2D eigenvalue weighted by Crippen LogP contribution is 2.20. The van der Waals surface area contributed by atoms with Crippen LogP contribution in [0.2, 0.25) is 0 Å². The zero-order valence-electron chi connectivity index (χ0n) is 17.9. The van der Waals surface area contributed by atoms with Gasteiger partial charge in [0.05, 0.1) is 16.3 Å². The van der Waals surface area contributed by atoms with Crippen molar-refractivity contribution in [3.05, 3.63) is 64.7 Å². The first-order valence-electron chi connectivity index (χ1n) is 11.0. The van der Waals surface area contributed by atoms with Crippen LogP contribution in [0.25, 0.3) is 10.2 Å². The predicted molar refractivity (Wildman–Crippen MR) is 122 cm³/mol. The van der Waals surface area contributed by atoms with Crippen molar-refractivity contribution in [2.24, 2.45) is 0 Å². The molecule has 30 heavy (non-hydrogen) atoms. The topological polar surface area (TPSA) is 50.9 Å². The summed E-state index contributed by atoms with van der Waals surface area (Å²) >= 11 is 1.81. The van der Waals surface area contributed by atoms with Crippen LogP contribution in [0.3, 0.4) is 0 Å². The number of benzene rings is 2. The Morgan fingerprint density at radius 1 is 1.07 bits per heavy atom. The van der Waals surface area contributed by atoms with Crippen LogP contribution in [-0.4, -0.2) is 43.6 Å². The number of aryl methyl sites for hydroxylation is 1. The lowest BCUT2D eigenvalue weighted by Gasteiger charge is -2.29. The minimum atomic E-state index is 0.100. The summed E-state index contributed by atoms with van der Waals surface area (Å²) in [6.07, 6.45) is 0.907. The van der Waals surface area contributed by atoms with Crippen LogP contribution in [0.5, 0.6) is 0 Å². The van der Waals surface area contributed by atoms with Crippen LogP contribution in [0.1, 0.15) is 35.5 Å². The first-order chi connectivity index (χ1) is 14.6. The van der Waals surface area contributed by atoms with Gasteiger partial charge >= 0.3 is 0 Å². The van der Waals surface area contributed by atoms with E-state index in [1.54, 1.807) is 4.90 Å². The Kier molecular flexibility index (Phi) is 6.77. The summed E-state index contributed by atoms with van der Waals surface area (Å²) in [5.41, 5.74) is 3.55. The van der Waals surface area contributed by atoms with Gasteiger partial charge in [0.2, 0.25) is 0 Å². The van der Waals surface area contributed by atoms with E-state index >= 15 is 0 Å². The van der Waals surface area contributed by atoms with Crippen molar-refractivity contribution in [2.45, 2.75) is 32.9 Å². The van der Waals surface area contributed by atoms with Crippen molar-refractivity contribution in [3.8, 4) is 0 Å². The van der Waals surface area contributed by atoms with Gasteiger partial charge in [-0.3, -0.25) is 4.79 Å². The van der Waals surface area contributed by atoms with Crippen LogP contribution in [0.4, 0.5) is 0 Å². The zero-order chi connectivity index (χ0) is 20.9. The third kappa shape index (κ3) is 5.25. The van der Waals surface area contributed by atoms with Crippen molar-refractivity contribution < 1.29 is 14.6 Å². The van der Waals surface area contributed by atoms with Crippen molar-refractivity contribution in [1.82, 2.24) is 10.3 Å². The second kappa shape index (κ2) is 9.69. The fourth-order valence-corrected chi connectivity index (χ4v) is 5.25. The Morgan fingerprint density at radius 3 is 2.47 bits per heavy atom. The number of quaternary nitrogens is 2. The Hall–Kier alpha value is -2.28. The van der Waals surface area contributed by atoms with Gasteiger partial charge in [-0.05, 0) is 31.0 Å². The third-order valence-electron chi connectivity index (χ3n) is 6.04. The number of amides is 1. The van der Waals surface area contributed by atoms with Gasteiger partial charge in [0.25, 0.3) is 5.91 Å². The molecule has 1 atom stereocenters. The molecule has 1 aromatic heterocycles. The number of piperazine rings is 1. The maximum absolute atomic E-state index is 12.6. The number of nitrogens with one attached hydrogen (secondary N) is 3. The Bertz CT molecular complexity index is 943. The molecule has 1 aliphatic rings. The minimum absolute atomic E-state index is 0.100. The zero-order valence-corrected chi connectivity index (χ0v) is 18.7. The molecular weight excluding hydrogens is 392 g/mol. The van der Waals surface area contributed by atoms with Crippen LogP contribution >= 0.6 is 11.3 Å². The minimum Gasteiger partial charge on any atom is -0.344 e. The van der Waals surface area contributed by atoms with E-state index in [1.165, 1.54) is 25.7 Å². The van der Waals surface area contributed by atoms with Crippen LogP contribution < -0.4 is 15.1 Å². The molecule has 3 aromatic rings. The smallest absolute Gasteiger partial charge is 0.275 e. The molecule has 4 rings (SSSR count). The standard InChI is InChI=1S/C24H30N4OS/c1-3-20(19-10-8-18(2)9-11-19)25-23(29)16-27-12-14-28(15-13-27)17-24-26-21-6-4-5-7-22(21)30-24/h4-11,20H,3,12-17H2,1-2H3,(H,25,29)/p+2/t20-/m0/s1. The van der Waals surface area contributed by atoms with E-state index in [0.29, 0.717) is 6.54 Å². The monoisotopic (exact) mass is 424 g/mol. The fourth-order valence-electron chi connectivity index (χ4n) is 4.21. The number of rotatable bonds is 7. The van der Waals surface area contributed by atoms with Crippen LogP contribution in [0.15, 0.2) is 48.5 Å². The lowest BCUT2D eigenvalue weighted by atomic mass is 10.0. The lowest BCUT2D eigenvalue weighted by molar-refractivity contribution is -1.02. The number of fused-ring (bicyclic) bond motifs is 1. The molecule has 3 N–H and O–H groups in total. The van der Waals surface area contributed by atoms with Crippen LogP contribution in [-0.2, 0) is 11.3 Å². The van der Waals surface area contributed by atoms with E-state index in [1.807, 2.05) is 17.4 Å². The summed E-state index contributed by atoms with van der Waals surface area (Å²) in [5, 5.41) is 4.46. The highest BCUT2D eigenvalue weighted by Gasteiger charge is 2.26. The first kappa shape index (κ1) is 21.0. The number of hydrogen-bond donors (Lipinski definition) is 3. The average Bonchev–Trinajstić information content (AvgIpc) is 3.16. The molecule has 1 aliphatic heterocycles. The normalized spacial score (nSPS) is 20.2. The van der Waals surface area contributed by atoms with Gasteiger partial charge < -0.3 is 15.1 Å². The molecule has 0 aliphatic carbocycles. The first-order valence-corrected chi connectivity index (χ1v) is 11.8. The van der Waals surface area contributed by atoms with Gasteiger partial charge in [0, 0.05) is 0 Å². The summed E-state index contributed by atoms with van der Waals surface area (Å²) in [6.45, 7) is 10.0. The predicted octanol–water partition coefficient (Wildman–Crippen LogP) is 1.16. The van der Waals surface area contributed by atoms with Gasteiger partial charge in [-0.1, -0.05) is 48.9 Å². The molecule has 1 saturated heterocycles. The van der Waals surface area contributed by atoms with Crippen molar-refractivity contribution in [1.29, 1.82) is 0 Å². The van der Waals surface area contributed by atoms with E-state index in [4.69, 9.17) is 4.98 Å². The lowest BCUT2D eigenvalue weighted by Crippen LogP contribution is -3.28. The molecule has 0 saturated carbocycles. The SMILES string of the molecule is CC[C@H](NC(=O)C[NH+]1CC[NH+](Cc2nc3ccccc3s2)CC1)c1ccc(C)cc1. The highest BCUT2D eigenvalue weighted by atomic mass is 32.1. The second-order valence-electron chi connectivity index (χ2n) is 8.37. The number of hydrogen-bond acceptors (Lipinski definition) is 3. The number of carbonyl (C=O) groups excluding carboxylic acids is 1. The molecule has 2 heterocycles. The molecule has 1 fully saturated rings. The van der Waals surface area contributed by atoms with Crippen molar-refractivity contribution >= 4 is 27.5 Å². The van der Waals surface area contributed by atoms with Gasteiger partial charge in [-0.25, -0.2) is 4.98 Å². The van der Waals surface area contributed by atoms with Gasteiger partial charge in [0.15, 0.2) is 6.54 Å². The summed E-state index contributed by atoms with van der Waals surface area (Å²) in [4.78, 5) is 20.4. The fraction of sp³-hybridized carbons (Fsp3) is 0.417. The average molecular weight is 425 g/mol. The van der Waals surface area contributed by atoms with E-state index in [-0.39, 0.29) is 11.9 Å². The number of thiazole rings is 1. The van der Waals surface area contributed by atoms with Gasteiger partial charge in [0.1, 0.15) is 37.7 Å². The summed E-state index contributed by atoms with van der Waals surface area (Å²) in [7, 11) is 0. The molecule has 0 spiro atoms. The summed E-state index contributed by atoms with van der Waals surface area (Å²) in [5.74, 6) is 0.159. The largest absolute Gasteiger partial charge is 0.344 e. The molecule has 0 radical (unpaired) electrons. The number of nitrogens with zero attached hydrogens (tertiary/aromatic N) is 1. The molecule has 5 nitrogen and oxygen atoms in total. The highest BCUT2D eigenvalue weighted by molar-refractivity contribution is 7.18. The number of para-hydroxylation sites is 1. The van der Waals surface area contributed by atoms with E-state index in [0.717, 1.165) is 44.7 Å². The maximum atomic E-state index is 12.6. The molecule has 158 valence electrons. The number of carbonyl (C=O) groups is 1. The van der Waals surface area contributed by atoms with Gasteiger partial charge in [-0.2, -0.15) is 0 Å².